The number of aromatic nitrogens is 4. The van der Waals surface area contributed by atoms with Crippen LogP contribution < -0.4 is 11.1 Å². The van der Waals surface area contributed by atoms with Crippen molar-refractivity contribution in [3.63, 3.8) is 0 Å². The van der Waals surface area contributed by atoms with Crippen LogP contribution >= 0.6 is 11.8 Å². The van der Waals surface area contributed by atoms with Gasteiger partial charge in [0.15, 0.2) is 11.5 Å². The molecule has 6 nitrogen and oxygen atoms in total. The van der Waals surface area contributed by atoms with Crippen LogP contribution in [-0.4, -0.2) is 38.0 Å². The Kier molecular flexibility index (Phi) is 2.41. The van der Waals surface area contributed by atoms with Gasteiger partial charge in [0, 0.05) is 18.1 Å². The predicted octanol–water partition coefficient (Wildman–Crippen LogP) is 0.313. The first kappa shape index (κ1) is 9.86. The highest BCUT2D eigenvalue weighted by Gasteiger charge is 2.19. The molecule has 4 N–H and O–H groups in total. The van der Waals surface area contributed by atoms with Gasteiger partial charge in [-0.1, -0.05) is 0 Å². The van der Waals surface area contributed by atoms with Crippen molar-refractivity contribution < 1.29 is 0 Å². The van der Waals surface area contributed by atoms with E-state index in [1.165, 1.54) is 6.33 Å². The van der Waals surface area contributed by atoms with Gasteiger partial charge in [0.1, 0.15) is 17.7 Å². The summed E-state index contributed by atoms with van der Waals surface area (Å²) < 4.78 is 0. The minimum atomic E-state index is 0.257. The number of fused-ring (bicyclic) bond motifs is 1. The number of anilines is 1. The molecular weight excluding hydrogens is 224 g/mol. The van der Waals surface area contributed by atoms with E-state index in [1.54, 1.807) is 0 Å². The molecule has 7 heteroatoms. The molecule has 1 atom stereocenters. The Morgan fingerprint density at radius 1 is 1.44 bits per heavy atom. The molecule has 3 heterocycles. The highest BCUT2D eigenvalue weighted by atomic mass is 32.2. The summed E-state index contributed by atoms with van der Waals surface area (Å²) in [6, 6.07) is 0.257. The van der Waals surface area contributed by atoms with Crippen molar-refractivity contribution in [2.45, 2.75) is 6.04 Å². The monoisotopic (exact) mass is 236 g/mol. The van der Waals surface area contributed by atoms with Gasteiger partial charge in [0.05, 0.1) is 6.04 Å². The van der Waals surface area contributed by atoms with Crippen LogP contribution in [0.2, 0.25) is 0 Å². The molecule has 0 spiro atoms. The van der Waals surface area contributed by atoms with Crippen LogP contribution in [0, 0.1) is 0 Å². The summed E-state index contributed by atoms with van der Waals surface area (Å²) in [5.41, 5.74) is 7.12. The number of hydrogen-bond donors (Lipinski definition) is 3. The van der Waals surface area contributed by atoms with Gasteiger partial charge in [0.2, 0.25) is 0 Å². The number of nitrogen functional groups attached to an aromatic ring is 1. The fourth-order valence-corrected chi connectivity index (χ4v) is 2.71. The standard InChI is InChI=1S/C9H12N6S/c10-7-6-9(13-4-12-7)15-8(14-6)5-3-16-2-1-11-5/h4-5,11H,1-3H2,(H3,10,12,13,14,15). The van der Waals surface area contributed by atoms with Crippen molar-refractivity contribution >= 4 is 28.7 Å². The highest BCUT2D eigenvalue weighted by Crippen LogP contribution is 2.22. The summed E-state index contributed by atoms with van der Waals surface area (Å²) in [6.07, 6.45) is 1.44. The second kappa shape index (κ2) is 3.91. The minimum Gasteiger partial charge on any atom is -0.382 e. The Balaban J connectivity index is 2.01. The van der Waals surface area contributed by atoms with Gasteiger partial charge < -0.3 is 16.0 Å². The van der Waals surface area contributed by atoms with Crippen molar-refractivity contribution in [2.75, 3.05) is 23.8 Å². The van der Waals surface area contributed by atoms with Crippen LogP contribution in [0.5, 0.6) is 0 Å². The largest absolute Gasteiger partial charge is 0.382 e. The van der Waals surface area contributed by atoms with E-state index in [9.17, 15) is 0 Å². The molecule has 2 aromatic rings. The Hall–Kier alpha value is -1.34. The van der Waals surface area contributed by atoms with Gasteiger partial charge in [-0.2, -0.15) is 11.8 Å². The van der Waals surface area contributed by atoms with Gasteiger partial charge in [-0.25, -0.2) is 15.0 Å². The van der Waals surface area contributed by atoms with Crippen LogP contribution in [-0.2, 0) is 0 Å². The molecule has 0 saturated carbocycles. The first-order valence-electron chi connectivity index (χ1n) is 5.12. The summed E-state index contributed by atoms with van der Waals surface area (Å²) in [4.78, 5) is 15.7. The summed E-state index contributed by atoms with van der Waals surface area (Å²) >= 11 is 1.92. The van der Waals surface area contributed by atoms with Gasteiger partial charge in [-0.3, -0.25) is 0 Å². The maximum atomic E-state index is 5.75. The van der Waals surface area contributed by atoms with E-state index in [-0.39, 0.29) is 6.04 Å². The van der Waals surface area contributed by atoms with Crippen LogP contribution in [0.4, 0.5) is 5.82 Å². The van der Waals surface area contributed by atoms with Crippen molar-refractivity contribution in [3.05, 3.63) is 12.2 Å². The third kappa shape index (κ3) is 1.61. The lowest BCUT2D eigenvalue weighted by Crippen LogP contribution is -2.30. The fraction of sp³-hybridized carbons (Fsp3) is 0.444. The maximum absolute atomic E-state index is 5.75. The molecule has 1 aliphatic heterocycles. The smallest absolute Gasteiger partial charge is 0.183 e. The fourth-order valence-electron chi connectivity index (χ4n) is 1.77. The average Bonchev–Trinajstić information content (AvgIpc) is 2.76. The summed E-state index contributed by atoms with van der Waals surface area (Å²) in [7, 11) is 0. The Morgan fingerprint density at radius 2 is 2.38 bits per heavy atom. The summed E-state index contributed by atoms with van der Waals surface area (Å²) in [5, 5.41) is 3.41. The van der Waals surface area contributed by atoms with Gasteiger partial charge in [0.25, 0.3) is 0 Å². The molecule has 2 aromatic heterocycles. The van der Waals surface area contributed by atoms with Crippen LogP contribution in [0.1, 0.15) is 11.9 Å². The molecule has 1 aliphatic rings. The van der Waals surface area contributed by atoms with E-state index in [1.807, 2.05) is 11.8 Å². The number of H-pyrrole nitrogens is 1. The molecule has 1 fully saturated rings. The molecule has 0 radical (unpaired) electrons. The zero-order valence-electron chi connectivity index (χ0n) is 8.60. The summed E-state index contributed by atoms with van der Waals surface area (Å²) in [6.45, 7) is 1.01. The molecule has 0 aliphatic carbocycles. The second-order valence-corrected chi connectivity index (χ2v) is 4.81. The summed E-state index contributed by atoms with van der Waals surface area (Å²) in [5.74, 6) is 3.52. The molecule has 0 bridgehead atoms. The Labute approximate surface area is 96.4 Å². The van der Waals surface area contributed by atoms with Gasteiger partial charge >= 0.3 is 0 Å². The quantitative estimate of drug-likeness (QED) is 0.660. The zero-order chi connectivity index (χ0) is 11.0. The predicted molar refractivity (Wildman–Crippen MR) is 64.2 cm³/mol. The molecule has 1 unspecified atom stereocenters. The molecule has 1 saturated heterocycles. The number of nitrogens with two attached hydrogens (primary N) is 1. The average molecular weight is 236 g/mol. The lowest BCUT2D eigenvalue weighted by Gasteiger charge is -2.20. The van der Waals surface area contributed by atoms with Crippen molar-refractivity contribution in [3.8, 4) is 0 Å². The van der Waals surface area contributed by atoms with E-state index in [2.05, 4.69) is 25.3 Å². The maximum Gasteiger partial charge on any atom is 0.183 e. The first-order valence-corrected chi connectivity index (χ1v) is 6.27. The van der Waals surface area contributed by atoms with E-state index in [4.69, 9.17) is 5.73 Å². The highest BCUT2D eigenvalue weighted by molar-refractivity contribution is 7.99. The third-order valence-electron chi connectivity index (χ3n) is 2.59. The van der Waals surface area contributed by atoms with Crippen molar-refractivity contribution in [1.82, 2.24) is 25.3 Å². The Morgan fingerprint density at radius 3 is 3.12 bits per heavy atom. The molecule has 16 heavy (non-hydrogen) atoms. The van der Waals surface area contributed by atoms with Crippen molar-refractivity contribution in [1.29, 1.82) is 0 Å². The molecule has 0 aromatic carbocycles. The normalized spacial score (nSPS) is 21.4. The Bertz CT molecular complexity index is 504. The van der Waals surface area contributed by atoms with E-state index >= 15 is 0 Å². The minimum absolute atomic E-state index is 0.257. The van der Waals surface area contributed by atoms with Crippen LogP contribution in [0.3, 0.4) is 0 Å². The second-order valence-electron chi connectivity index (χ2n) is 3.66. The third-order valence-corrected chi connectivity index (χ3v) is 3.65. The van der Waals surface area contributed by atoms with Crippen LogP contribution in [0.15, 0.2) is 6.33 Å². The van der Waals surface area contributed by atoms with Gasteiger partial charge in [-0.05, 0) is 0 Å². The number of rotatable bonds is 1. The molecule has 84 valence electrons. The topological polar surface area (TPSA) is 92.5 Å². The van der Waals surface area contributed by atoms with E-state index in [0.717, 1.165) is 29.4 Å². The first-order chi connectivity index (χ1) is 7.84. The number of hydrogen-bond acceptors (Lipinski definition) is 6. The van der Waals surface area contributed by atoms with Gasteiger partial charge in [-0.15, -0.1) is 0 Å². The lowest BCUT2D eigenvalue weighted by molar-refractivity contribution is 0.570. The van der Waals surface area contributed by atoms with Crippen molar-refractivity contribution in [2.24, 2.45) is 0 Å². The lowest BCUT2D eigenvalue weighted by atomic mass is 10.3. The number of nitrogens with zero attached hydrogens (tertiary/aromatic N) is 3. The molecule has 3 rings (SSSR count). The molecular formula is C9H12N6S. The SMILES string of the molecule is Nc1ncnc2nc(C3CSCCN3)[nH]c12. The number of imidazole rings is 1. The van der Waals surface area contributed by atoms with E-state index < -0.39 is 0 Å². The van der Waals surface area contributed by atoms with E-state index in [0.29, 0.717) is 11.5 Å². The number of aromatic amines is 1. The number of thioether (sulfide) groups is 1. The van der Waals surface area contributed by atoms with Crippen LogP contribution in [0.25, 0.3) is 11.2 Å². The molecule has 0 amide bonds. The number of nitrogens with one attached hydrogen (secondary N) is 2. The zero-order valence-corrected chi connectivity index (χ0v) is 9.42.